The molecular formula is C33H52O5. The topological polar surface area (TPSA) is 46.2 Å². The minimum atomic E-state index is -0.269. The van der Waals surface area contributed by atoms with Crippen LogP contribution in [-0.2, 0) is 18.9 Å². The molecule has 1 aromatic rings. The maximum Gasteiger partial charge on any atom is 0.184 e. The summed E-state index contributed by atoms with van der Waals surface area (Å²) in [5, 5.41) is 0. The second-order valence-corrected chi connectivity index (χ2v) is 13.2. The van der Waals surface area contributed by atoms with Crippen molar-refractivity contribution >= 4 is 0 Å². The maximum absolute atomic E-state index is 6.41. The van der Waals surface area contributed by atoms with Gasteiger partial charge in [0.15, 0.2) is 12.6 Å². The van der Waals surface area contributed by atoms with E-state index in [1.165, 1.54) is 62.5 Å². The molecular weight excluding hydrogens is 476 g/mol. The van der Waals surface area contributed by atoms with Crippen LogP contribution in [0.25, 0.3) is 0 Å². The highest BCUT2D eigenvalue weighted by atomic mass is 16.7. The predicted octanol–water partition coefficient (Wildman–Crippen LogP) is 7.76. The Hall–Kier alpha value is -1.14. The van der Waals surface area contributed by atoms with Gasteiger partial charge in [0, 0.05) is 23.3 Å². The summed E-state index contributed by atoms with van der Waals surface area (Å²) in [5.74, 6) is 4.99. The van der Waals surface area contributed by atoms with Crippen LogP contribution < -0.4 is 4.74 Å². The van der Waals surface area contributed by atoms with E-state index in [0.29, 0.717) is 29.8 Å². The van der Waals surface area contributed by atoms with Crippen molar-refractivity contribution in [2.24, 2.45) is 35.5 Å². The minimum absolute atomic E-state index is 0.0335. The van der Waals surface area contributed by atoms with Gasteiger partial charge in [-0.1, -0.05) is 13.8 Å². The average molecular weight is 529 g/mol. The molecule has 0 amide bonds. The summed E-state index contributed by atoms with van der Waals surface area (Å²) in [6.07, 6.45) is 10.8. The molecule has 4 aliphatic rings. The first-order valence-corrected chi connectivity index (χ1v) is 15.6. The third-order valence-electron chi connectivity index (χ3n) is 10.6. The van der Waals surface area contributed by atoms with E-state index in [4.69, 9.17) is 23.7 Å². The second-order valence-electron chi connectivity index (χ2n) is 13.2. The van der Waals surface area contributed by atoms with Gasteiger partial charge < -0.3 is 23.7 Å². The van der Waals surface area contributed by atoms with E-state index in [2.05, 4.69) is 53.7 Å². The summed E-state index contributed by atoms with van der Waals surface area (Å²) in [6.45, 7) is 15.5. The lowest BCUT2D eigenvalue weighted by Crippen LogP contribution is -2.42. The Morgan fingerprint density at radius 2 is 1.26 bits per heavy atom. The van der Waals surface area contributed by atoms with Gasteiger partial charge in [0.25, 0.3) is 0 Å². The molecule has 0 spiro atoms. The van der Waals surface area contributed by atoms with Gasteiger partial charge in [-0.15, -0.1) is 0 Å². The van der Waals surface area contributed by atoms with E-state index in [1.54, 1.807) is 0 Å². The lowest BCUT2D eigenvalue weighted by molar-refractivity contribution is -0.254. The number of benzene rings is 1. The molecule has 0 radical (unpaired) electrons. The highest BCUT2D eigenvalue weighted by molar-refractivity contribution is 5.44. The zero-order valence-corrected chi connectivity index (χ0v) is 24.7. The van der Waals surface area contributed by atoms with Gasteiger partial charge in [-0.05, 0) is 120 Å². The Bertz CT molecular complexity index is 901. The summed E-state index contributed by atoms with van der Waals surface area (Å²) >= 11 is 0. The summed E-state index contributed by atoms with van der Waals surface area (Å²) in [5.41, 5.74) is 3.57. The molecule has 0 aromatic heterocycles. The first kappa shape index (κ1) is 28.4. The first-order valence-electron chi connectivity index (χ1n) is 15.6. The van der Waals surface area contributed by atoms with Crippen LogP contribution in [0.2, 0.25) is 0 Å². The number of hydrogen-bond acceptors (Lipinski definition) is 5. The van der Waals surface area contributed by atoms with Crippen LogP contribution >= 0.6 is 0 Å². The Morgan fingerprint density at radius 3 is 1.89 bits per heavy atom. The molecule has 1 aromatic carbocycles. The van der Waals surface area contributed by atoms with Gasteiger partial charge in [-0.3, -0.25) is 0 Å². The van der Waals surface area contributed by atoms with Crippen LogP contribution in [0.5, 0.6) is 5.75 Å². The molecule has 38 heavy (non-hydrogen) atoms. The van der Waals surface area contributed by atoms with Gasteiger partial charge in [-0.2, -0.15) is 0 Å². The Labute approximate surface area is 231 Å². The van der Waals surface area contributed by atoms with Crippen molar-refractivity contribution in [1.29, 1.82) is 0 Å². The Morgan fingerprint density at radius 1 is 0.684 bits per heavy atom. The SMILES string of the molecule is Cc1c(OCC2CCC(C3CCC(C4OCC(C)C(C)O4)CC3)CC2)ccc(C2OCC(C)C(C)O2)c1C. The van der Waals surface area contributed by atoms with E-state index in [1.807, 2.05) is 0 Å². The van der Waals surface area contributed by atoms with Crippen molar-refractivity contribution in [3.8, 4) is 5.75 Å². The predicted molar refractivity (Wildman–Crippen MR) is 150 cm³/mol. The lowest BCUT2D eigenvalue weighted by Gasteiger charge is -2.42. The number of rotatable bonds is 6. The molecule has 0 bridgehead atoms. The van der Waals surface area contributed by atoms with Crippen molar-refractivity contribution < 1.29 is 23.7 Å². The Balaban J connectivity index is 1.05. The average Bonchev–Trinajstić information content (AvgIpc) is 2.93. The van der Waals surface area contributed by atoms with Crippen LogP contribution in [0.3, 0.4) is 0 Å². The number of ether oxygens (including phenoxy) is 5. The molecule has 5 nitrogen and oxygen atoms in total. The molecule has 4 fully saturated rings. The van der Waals surface area contributed by atoms with E-state index < -0.39 is 0 Å². The van der Waals surface area contributed by atoms with Crippen molar-refractivity contribution in [2.75, 3.05) is 19.8 Å². The van der Waals surface area contributed by atoms with Gasteiger partial charge in [0.2, 0.25) is 0 Å². The molecule has 214 valence electrons. The minimum Gasteiger partial charge on any atom is -0.493 e. The zero-order chi connectivity index (χ0) is 26.8. The summed E-state index contributed by atoms with van der Waals surface area (Å²) in [6, 6.07) is 4.27. The normalized spacial score (nSPS) is 40.6. The van der Waals surface area contributed by atoms with Gasteiger partial charge >= 0.3 is 0 Å². The maximum atomic E-state index is 6.41. The van der Waals surface area contributed by atoms with Gasteiger partial charge in [-0.25, -0.2) is 0 Å². The zero-order valence-electron chi connectivity index (χ0n) is 24.7. The molecule has 0 N–H and O–H groups in total. The molecule has 6 atom stereocenters. The second kappa shape index (κ2) is 12.6. The first-order chi connectivity index (χ1) is 18.3. The highest BCUT2D eigenvalue weighted by Gasteiger charge is 2.37. The third kappa shape index (κ3) is 6.43. The molecule has 2 aliphatic heterocycles. The summed E-state index contributed by atoms with van der Waals surface area (Å²) in [4.78, 5) is 0. The van der Waals surface area contributed by atoms with Crippen LogP contribution in [-0.4, -0.2) is 38.3 Å². The van der Waals surface area contributed by atoms with Crippen LogP contribution in [0.1, 0.15) is 102 Å². The van der Waals surface area contributed by atoms with Crippen molar-refractivity contribution in [3.05, 3.63) is 28.8 Å². The summed E-state index contributed by atoms with van der Waals surface area (Å²) in [7, 11) is 0. The quantitative estimate of drug-likeness (QED) is 0.377. The molecule has 2 heterocycles. The smallest absolute Gasteiger partial charge is 0.184 e. The van der Waals surface area contributed by atoms with E-state index in [0.717, 1.165) is 43.0 Å². The number of hydrogen-bond donors (Lipinski definition) is 0. The molecule has 2 saturated heterocycles. The molecule has 2 saturated carbocycles. The van der Waals surface area contributed by atoms with E-state index in [9.17, 15) is 0 Å². The van der Waals surface area contributed by atoms with E-state index >= 15 is 0 Å². The van der Waals surface area contributed by atoms with Gasteiger partial charge in [0.05, 0.1) is 32.0 Å². The van der Waals surface area contributed by atoms with Gasteiger partial charge in [0.1, 0.15) is 5.75 Å². The van der Waals surface area contributed by atoms with Crippen LogP contribution in [0, 0.1) is 49.4 Å². The van der Waals surface area contributed by atoms with E-state index in [-0.39, 0.29) is 18.7 Å². The van der Waals surface area contributed by atoms with Crippen molar-refractivity contribution in [2.45, 2.75) is 118 Å². The summed E-state index contributed by atoms with van der Waals surface area (Å²) < 4.78 is 30.8. The van der Waals surface area contributed by atoms with Crippen LogP contribution in [0.15, 0.2) is 12.1 Å². The van der Waals surface area contributed by atoms with Crippen molar-refractivity contribution in [1.82, 2.24) is 0 Å². The fourth-order valence-electron chi connectivity index (χ4n) is 7.07. The Kier molecular flexibility index (Phi) is 9.40. The third-order valence-corrected chi connectivity index (χ3v) is 10.6. The molecule has 6 unspecified atom stereocenters. The fraction of sp³-hybridized carbons (Fsp3) is 0.818. The molecule has 5 heteroatoms. The van der Waals surface area contributed by atoms with Crippen LogP contribution in [0.4, 0.5) is 0 Å². The lowest BCUT2D eigenvalue weighted by atomic mass is 9.69. The monoisotopic (exact) mass is 528 g/mol. The fourth-order valence-corrected chi connectivity index (χ4v) is 7.07. The highest BCUT2D eigenvalue weighted by Crippen LogP contribution is 2.43. The largest absolute Gasteiger partial charge is 0.493 e. The molecule has 2 aliphatic carbocycles. The standard InChI is InChI=1S/C33H52O5/c1-20-17-35-32(37-24(20)5)29-13-11-28(12-14-29)27-9-7-26(8-10-27)19-34-31-16-15-30(22(3)23(31)4)33-36-18-21(2)25(6)38-33/h15-16,20-21,24-29,32-33H,7-14,17-19H2,1-6H3. The molecule has 5 rings (SSSR count). The van der Waals surface area contributed by atoms with Crippen molar-refractivity contribution in [3.63, 3.8) is 0 Å².